The summed E-state index contributed by atoms with van der Waals surface area (Å²) < 4.78 is 0. The number of anilines is 2. The minimum Gasteiger partial charge on any atom is -0.326 e. The van der Waals surface area contributed by atoms with Gasteiger partial charge in [-0.1, -0.05) is 30.3 Å². The highest BCUT2D eigenvalue weighted by molar-refractivity contribution is 6.21. The molecule has 0 radical (unpaired) electrons. The van der Waals surface area contributed by atoms with E-state index in [9.17, 15) is 19.2 Å². The van der Waals surface area contributed by atoms with Crippen molar-refractivity contribution in [3.63, 3.8) is 0 Å². The standard InChI is InChI=1S/C26H21N3O4/c30-23(17-11-12-17)27-19-7-4-8-20(14-19)28-24(31)18-6-3-5-16(13-18)15-29-25(32)21-9-1-2-10-22(21)26(29)33/h1-10,13-14,17H,11-12,15H2,(H,27,30)(H,28,31). The van der Waals surface area contributed by atoms with E-state index in [1.54, 1.807) is 72.8 Å². The Morgan fingerprint density at radius 2 is 1.42 bits per heavy atom. The van der Waals surface area contributed by atoms with Crippen molar-refractivity contribution in [3.8, 4) is 0 Å². The maximum Gasteiger partial charge on any atom is 0.261 e. The molecule has 33 heavy (non-hydrogen) atoms. The van der Waals surface area contributed by atoms with Crippen LogP contribution in [0.3, 0.4) is 0 Å². The van der Waals surface area contributed by atoms with Crippen LogP contribution in [-0.2, 0) is 11.3 Å². The minimum absolute atomic E-state index is 0.000615. The number of imide groups is 1. The van der Waals surface area contributed by atoms with Crippen molar-refractivity contribution < 1.29 is 19.2 Å². The monoisotopic (exact) mass is 439 g/mol. The van der Waals surface area contributed by atoms with Crippen molar-refractivity contribution in [1.29, 1.82) is 0 Å². The number of hydrogen-bond donors (Lipinski definition) is 2. The lowest BCUT2D eigenvalue weighted by atomic mass is 10.1. The fourth-order valence-corrected chi connectivity index (χ4v) is 3.84. The van der Waals surface area contributed by atoms with Crippen molar-refractivity contribution in [3.05, 3.63) is 95.1 Å². The molecule has 5 rings (SSSR count). The van der Waals surface area contributed by atoms with Crippen LogP contribution in [-0.4, -0.2) is 28.5 Å². The van der Waals surface area contributed by atoms with Gasteiger partial charge in [0.15, 0.2) is 0 Å². The Kier molecular flexibility index (Phi) is 5.22. The van der Waals surface area contributed by atoms with Gasteiger partial charge >= 0.3 is 0 Å². The van der Waals surface area contributed by atoms with Crippen molar-refractivity contribution in [2.75, 3.05) is 10.6 Å². The molecule has 4 amide bonds. The second-order valence-electron chi connectivity index (χ2n) is 8.24. The van der Waals surface area contributed by atoms with Crippen LogP contribution >= 0.6 is 0 Å². The van der Waals surface area contributed by atoms with Gasteiger partial charge in [-0.3, -0.25) is 24.1 Å². The highest BCUT2D eigenvalue weighted by Gasteiger charge is 2.35. The van der Waals surface area contributed by atoms with Gasteiger partial charge in [0.1, 0.15) is 0 Å². The molecule has 1 fully saturated rings. The number of carbonyl (C=O) groups excluding carboxylic acids is 4. The molecule has 0 atom stereocenters. The van der Waals surface area contributed by atoms with E-state index >= 15 is 0 Å². The molecular formula is C26H21N3O4. The average Bonchev–Trinajstić information content (AvgIpc) is 3.65. The lowest BCUT2D eigenvalue weighted by Crippen LogP contribution is -2.29. The number of benzene rings is 3. The molecule has 2 N–H and O–H groups in total. The molecule has 0 saturated heterocycles. The van der Waals surface area contributed by atoms with E-state index in [4.69, 9.17) is 0 Å². The van der Waals surface area contributed by atoms with Crippen molar-refractivity contribution in [2.24, 2.45) is 5.92 Å². The van der Waals surface area contributed by atoms with Crippen molar-refractivity contribution in [2.45, 2.75) is 19.4 Å². The first-order chi connectivity index (χ1) is 16.0. The summed E-state index contributed by atoms with van der Waals surface area (Å²) in [5, 5.41) is 5.69. The minimum atomic E-state index is -0.337. The van der Waals surface area contributed by atoms with E-state index < -0.39 is 0 Å². The number of fused-ring (bicyclic) bond motifs is 1. The van der Waals surface area contributed by atoms with Crippen LogP contribution in [0.25, 0.3) is 0 Å². The summed E-state index contributed by atoms with van der Waals surface area (Å²) in [5.41, 5.74) is 3.04. The van der Waals surface area contributed by atoms with Gasteiger partial charge in [-0.25, -0.2) is 0 Å². The summed E-state index contributed by atoms with van der Waals surface area (Å²) in [6, 6.07) is 20.5. The highest BCUT2D eigenvalue weighted by Crippen LogP contribution is 2.30. The third-order valence-electron chi connectivity index (χ3n) is 5.74. The fourth-order valence-electron chi connectivity index (χ4n) is 3.84. The van der Waals surface area contributed by atoms with Gasteiger partial charge in [-0.15, -0.1) is 0 Å². The lowest BCUT2D eigenvalue weighted by molar-refractivity contribution is -0.117. The largest absolute Gasteiger partial charge is 0.326 e. The number of rotatable bonds is 6. The summed E-state index contributed by atoms with van der Waals surface area (Å²) in [6.45, 7) is 0.0795. The van der Waals surface area contributed by atoms with Crippen LogP contribution in [0.5, 0.6) is 0 Å². The number of carbonyl (C=O) groups is 4. The lowest BCUT2D eigenvalue weighted by Gasteiger charge is -2.14. The third kappa shape index (κ3) is 4.25. The first-order valence-electron chi connectivity index (χ1n) is 10.8. The molecule has 7 nitrogen and oxygen atoms in total. The molecule has 2 aliphatic rings. The van der Waals surface area contributed by atoms with E-state index in [0.717, 1.165) is 12.8 Å². The number of hydrogen-bond acceptors (Lipinski definition) is 4. The molecular weight excluding hydrogens is 418 g/mol. The first kappa shape index (κ1) is 20.6. The molecule has 1 saturated carbocycles. The number of nitrogens with zero attached hydrogens (tertiary/aromatic N) is 1. The van der Waals surface area contributed by atoms with Gasteiger partial charge in [0, 0.05) is 22.9 Å². The Balaban J connectivity index is 1.28. The molecule has 7 heteroatoms. The molecule has 0 unspecified atom stereocenters. The van der Waals surface area contributed by atoms with Crippen LogP contribution in [0.15, 0.2) is 72.8 Å². The smallest absolute Gasteiger partial charge is 0.261 e. The molecule has 1 heterocycles. The average molecular weight is 439 g/mol. The van der Waals surface area contributed by atoms with E-state index in [0.29, 0.717) is 33.6 Å². The van der Waals surface area contributed by atoms with Gasteiger partial charge in [-0.2, -0.15) is 0 Å². The second-order valence-corrected chi connectivity index (χ2v) is 8.24. The maximum absolute atomic E-state index is 12.8. The van der Waals surface area contributed by atoms with Crippen LogP contribution in [0.4, 0.5) is 11.4 Å². The summed E-state index contributed by atoms with van der Waals surface area (Å²) in [6.07, 6.45) is 1.83. The zero-order valence-corrected chi connectivity index (χ0v) is 17.7. The Hall–Kier alpha value is -4.26. The molecule has 1 aliphatic heterocycles. The van der Waals surface area contributed by atoms with Gasteiger partial charge < -0.3 is 10.6 Å². The Labute approximate surface area is 190 Å². The first-order valence-corrected chi connectivity index (χ1v) is 10.8. The fraction of sp³-hybridized carbons (Fsp3) is 0.154. The second kappa shape index (κ2) is 8.35. The summed E-state index contributed by atoms with van der Waals surface area (Å²) in [4.78, 5) is 51.2. The van der Waals surface area contributed by atoms with E-state index in [1.807, 2.05) is 0 Å². The molecule has 164 valence electrons. The number of amides is 4. The van der Waals surface area contributed by atoms with E-state index in [1.165, 1.54) is 4.90 Å². The van der Waals surface area contributed by atoms with E-state index in [-0.39, 0.29) is 36.1 Å². The topological polar surface area (TPSA) is 95.6 Å². The van der Waals surface area contributed by atoms with Gasteiger partial charge in [0.25, 0.3) is 17.7 Å². The summed E-state index contributed by atoms with van der Waals surface area (Å²) in [5.74, 6) is -0.914. The predicted molar refractivity (Wildman–Crippen MR) is 123 cm³/mol. The van der Waals surface area contributed by atoms with Crippen LogP contribution in [0.2, 0.25) is 0 Å². The van der Waals surface area contributed by atoms with Crippen LogP contribution in [0, 0.1) is 5.92 Å². The highest BCUT2D eigenvalue weighted by atomic mass is 16.2. The molecule has 3 aromatic rings. The molecule has 1 aliphatic carbocycles. The van der Waals surface area contributed by atoms with Gasteiger partial charge in [0.05, 0.1) is 17.7 Å². The molecule has 0 bridgehead atoms. The van der Waals surface area contributed by atoms with Crippen molar-refractivity contribution >= 4 is 35.0 Å². The summed E-state index contributed by atoms with van der Waals surface area (Å²) >= 11 is 0. The van der Waals surface area contributed by atoms with Crippen molar-refractivity contribution in [1.82, 2.24) is 4.90 Å². The van der Waals surface area contributed by atoms with E-state index in [2.05, 4.69) is 10.6 Å². The van der Waals surface area contributed by atoms with Gasteiger partial charge in [0.2, 0.25) is 5.91 Å². The Bertz CT molecular complexity index is 1260. The maximum atomic E-state index is 12.8. The normalized spacial score (nSPS) is 14.7. The van der Waals surface area contributed by atoms with Crippen LogP contribution < -0.4 is 10.6 Å². The van der Waals surface area contributed by atoms with Gasteiger partial charge in [-0.05, 0) is 60.9 Å². The Morgan fingerprint density at radius 1 is 0.788 bits per heavy atom. The van der Waals surface area contributed by atoms with Crippen LogP contribution in [0.1, 0.15) is 49.5 Å². The number of nitrogens with one attached hydrogen (secondary N) is 2. The molecule has 0 spiro atoms. The quantitative estimate of drug-likeness (QED) is 0.566. The zero-order chi connectivity index (χ0) is 22.9. The molecule has 3 aromatic carbocycles. The predicted octanol–water partition coefficient (Wildman–Crippen LogP) is 4.08. The SMILES string of the molecule is O=C(Nc1cccc(NC(=O)C2CC2)c1)c1cccc(CN2C(=O)c3ccccc3C2=O)c1. The molecule has 0 aromatic heterocycles. The third-order valence-corrected chi connectivity index (χ3v) is 5.74. The Morgan fingerprint density at radius 3 is 2.09 bits per heavy atom. The zero-order valence-electron chi connectivity index (χ0n) is 17.7. The summed E-state index contributed by atoms with van der Waals surface area (Å²) in [7, 11) is 0.